The summed E-state index contributed by atoms with van der Waals surface area (Å²) in [7, 11) is 0. The minimum absolute atomic E-state index is 0.432. The van der Waals surface area contributed by atoms with E-state index in [0.29, 0.717) is 11.5 Å². The lowest BCUT2D eigenvalue weighted by Crippen LogP contribution is -2.40. The van der Waals surface area contributed by atoms with E-state index in [1.807, 2.05) is 11.8 Å². The molecule has 1 aromatic rings. The molecule has 1 nitrogen and oxygen atoms in total. The Kier molecular flexibility index (Phi) is 2.29. The Morgan fingerprint density at radius 3 is 3.00 bits per heavy atom. The number of nitrogens with one attached hydrogen (secondary N) is 1. The average Bonchev–Trinajstić information content (AvgIpc) is 2.62. The molecule has 0 aromatic heterocycles. The summed E-state index contributed by atoms with van der Waals surface area (Å²) in [6.45, 7) is 3.53. The molecule has 80 valence electrons. The van der Waals surface area contributed by atoms with Crippen molar-refractivity contribution in [2.45, 2.75) is 36.1 Å². The van der Waals surface area contributed by atoms with Gasteiger partial charge in [0.25, 0.3) is 0 Å². The molecule has 1 fully saturated rings. The van der Waals surface area contributed by atoms with Crippen LogP contribution in [0.4, 0.5) is 0 Å². The first-order valence-corrected chi connectivity index (χ1v) is 6.77. The van der Waals surface area contributed by atoms with Crippen LogP contribution in [0, 0.1) is 0 Å². The fraction of sp³-hybridized carbons (Fsp3) is 0.538. The predicted octanol–water partition coefficient (Wildman–Crippen LogP) is 2.80. The second-order valence-corrected chi connectivity index (χ2v) is 5.81. The van der Waals surface area contributed by atoms with Crippen LogP contribution in [0.5, 0.6) is 0 Å². The van der Waals surface area contributed by atoms with Crippen LogP contribution in [-0.2, 0) is 5.41 Å². The van der Waals surface area contributed by atoms with Crippen LogP contribution in [0.15, 0.2) is 29.2 Å². The van der Waals surface area contributed by atoms with Crippen LogP contribution in [0.25, 0.3) is 0 Å². The van der Waals surface area contributed by atoms with E-state index >= 15 is 0 Å². The zero-order valence-electron chi connectivity index (χ0n) is 9.12. The molecular weight excluding hydrogens is 202 g/mol. The Morgan fingerprint density at radius 1 is 1.33 bits per heavy atom. The van der Waals surface area contributed by atoms with Gasteiger partial charge in [-0.2, -0.15) is 0 Å². The quantitative estimate of drug-likeness (QED) is 0.720. The van der Waals surface area contributed by atoms with Gasteiger partial charge in [0.15, 0.2) is 0 Å². The minimum Gasteiger partial charge on any atom is -0.313 e. The van der Waals surface area contributed by atoms with Crippen LogP contribution < -0.4 is 5.32 Å². The molecule has 0 amide bonds. The Bertz CT molecular complexity index is 377. The second-order valence-electron chi connectivity index (χ2n) is 4.68. The van der Waals surface area contributed by atoms with Crippen molar-refractivity contribution >= 4 is 11.8 Å². The number of thioether (sulfide) groups is 1. The van der Waals surface area contributed by atoms with Gasteiger partial charge in [-0.1, -0.05) is 18.2 Å². The van der Waals surface area contributed by atoms with Crippen molar-refractivity contribution in [1.82, 2.24) is 5.32 Å². The normalized spacial score (nSPS) is 34.3. The zero-order chi connectivity index (χ0) is 10.3. The molecule has 1 N–H and O–H groups in total. The van der Waals surface area contributed by atoms with Gasteiger partial charge in [0.1, 0.15) is 0 Å². The van der Waals surface area contributed by atoms with Crippen molar-refractivity contribution in [3.8, 4) is 0 Å². The standard InChI is InChI=1S/C13H17NS/c1-10-13(6-8-14-10)7-9-15-12-5-3-2-4-11(12)13/h2-5,10,14H,6-9H2,1H3. The van der Waals surface area contributed by atoms with Crippen molar-refractivity contribution in [2.24, 2.45) is 0 Å². The maximum absolute atomic E-state index is 3.61. The van der Waals surface area contributed by atoms with Gasteiger partial charge in [-0.25, -0.2) is 0 Å². The molecule has 3 rings (SSSR count). The molecule has 2 aliphatic heterocycles. The van der Waals surface area contributed by atoms with E-state index in [9.17, 15) is 0 Å². The van der Waals surface area contributed by atoms with E-state index in [-0.39, 0.29) is 0 Å². The Morgan fingerprint density at radius 2 is 2.20 bits per heavy atom. The molecule has 15 heavy (non-hydrogen) atoms. The largest absolute Gasteiger partial charge is 0.313 e. The average molecular weight is 219 g/mol. The lowest BCUT2D eigenvalue weighted by atomic mass is 9.72. The summed E-state index contributed by atoms with van der Waals surface area (Å²) < 4.78 is 0. The highest BCUT2D eigenvalue weighted by Gasteiger charge is 2.44. The van der Waals surface area contributed by atoms with Crippen molar-refractivity contribution < 1.29 is 0 Å². The molecule has 0 bridgehead atoms. The van der Waals surface area contributed by atoms with Crippen molar-refractivity contribution in [1.29, 1.82) is 0 Å². The Labute approximate surface area is 95.6 Å². The summed E-state index contributed by atoms with van der Waals surface area (Å²) in [6, 6.07) is 9.62. The highest BCUT2D eigenvalue weighted by Crippen LogP contribution is 2.47. The molecule has 2 aliphatic rings. The minimum atomic E-state index is 0.432. The third kappa shape index (κ3) is 1.35. The zero-order valence-corrected chi connectivity index (χ0v) is 9.94. The van der Waals surface area contributed by atoms with E-state index in [1.165, 1.54) is 30.0 Å². The first-order chi connectivity index (χ1) is 7.33. The SMILES string of the molecule is CC1NCCC12CCSc1ccccc12. The molecule has 0 radical (unpaired) electrons. The van der Waals surface area contributed by atoms with Gasteiger partial charge in [-0.3, -0.25) is 0 Å². The number of hydrogen-bond donors (Lipinski definition) is 1. The molecule has 2 heteroatoms. The van der Waals surface area contributed by atoms with Crippen molar-refractivity contribution in [3.05, 3.63) is 29.8 Å². The van der Waals surface area contributed by atoms with Gasteiger partial charge >= 0.3 is 0 Å². The highest BCUT2D eigenvalue weighted by atomic mass is 32.2. The molecular formula is C13H17NS. The van der Waals surface area contributed by atoms with Gasteiger partial charge in [0.05, 0.1) is 0 Å². The smallest absolute Gasteiger partial charge is 0.0137 e. The highest BCUT2D eigenvalue weighted by molar-refractivity contribution is 7.99. The summed E-state index contributed by atoms with van der Waals surface area (Å²) in [5, 5.41) is 3.61. The van der Waals surface area contributed by atoms with Gasteiger partial charge in [-0.15, -0.1) is 11.8 Å². The van der Waals surface area contributed by atoms with Crippen molar-refractivity contribution in [3.63, 3.8) is 0 Å². The lowest BCUT2D eigenvalue weighted by molar-refractivity contribution is 0.367. The molecule has 1 saturated heterocycles. The summed E-state index contributed by atoms with van der Waals surface area (Å²) in [4.78, 5) is 1.51. The van der Waals surface area contributed by atoms with Gasteiger partial charge in [0, 0.05) is 16.4 Å². The summed E-state index contributed by atoms with van der Waals surface area (Å²) in [6.07, 6.45) is 2.65. The molecule has 2 unspecified atom stereocenters. The van der Waals surface area contributed by atoms with E-state index in [1.54, 1.807) is 5.56 Å². The van der Waals surface area contributed by atoms with Crippen LogP contribution in [0.3, 0.4) is 0 Å². The van der Waals surface area contributed by atoms with Crippen LogP contribution in [0.1, 0.15) is 25.3 Å². The number of benzene rings is 1. The van der Waals surface area contributed by atoms with Gasteiger partial charge in [0.2, 0.25) is 0 Å². The summed E-state index contributed by atoms with van der Waals surface area (Å²) in [5.41, 5.74) is 2.03. The van der Waals surface area contributed by atoms with Gasteiger partial charge in [-0.05, 0) is 43.7 Å². The van der Waals surface area contributed by atoms with Crippen LogP contribution in [-0.4, -0.2) is 18.3 Å². The first-order valence-electron chi connectivity index (χ1n) is 5.79. The molecule has 2 atom stereocenters. The fourth-order valence-corrected chi connectivity index (χ4v) is 4.40. The van der Waals surface area contributed by atoms with Gasteiger partial charge < -0.3 is 5.32 Å². The van der Waals surface area contributed by atoms with Crippen molar-refractivity contribution in [2.75, 3.05) is 12.3 Å². The van der Waals surface area contributed by atoms with Crippen LogP contribution >= 0.6 is 11.8 Å². The first kappa shape index (κ1) is 9.73. The maximum atomic E-state index is 3.61. The molecule has 0 saturated carbocycles. The molecule has 0 aliphatic carbocycles. The molecule has 1 aromatic carbocycles. The topological polar surface area (TPSA) is 12.0 Å². The maximum Gasteiger partial charge on any atom is 0.0137 e. The van der Waals surface area contributed by atoms with E-state index < -0.39 is 0 Å². The van der Waals surface area contributed by atoms with E-state index in [2.05, 4.69) is 36.5 Å². The fourth-order valence-electron chi connectivity index (χ4n) is 3.11. The Hall–Kier alpha value is -0.470. The Balaban J connectivity index is 2.12. The third-order valence-electron chi connectivity index (χ3n) is 4.08. The molecule has 1 spiro atoms. The molecule has 2 heterocycles. The monoisotopic (exact) mass is 219 g/mol. The second kappa shape index (κ2) is 3.53. The van der Waals surface area contributed by atoms with E-state index in [0.717, 1.165) is 0 Å². The number of fused-ring (bicyclic) bond motifs is 2. The predicted molar refractivity (Wildman–Crippen MR) is 65.5 cm³/mol. The number of hydrogen-bond acceptors (Lipinski definition) is 2. The van der Waals surface area contributed by atoms with E-state index in [4.69, 9.17) is 0 Å². The summed E-state index contributed by atoms with van der Waals surface area (Å²) in [5.74, 6) is 1.28. The lowest BCUT2D eigenvalue weighted by Gasteiger charge is -2.38. The van der Waals surface area contributed by atoms with Crippen LogP contribution in [0.2, 0.25) is 0 Å². The summed E-state index contributed by atoms with van der Waals surface area (Å²) >= 11 is 2.02. The number of rotatable bonds is 0. The third-order valence-corrected chi connectivity index (χ3v) is 5.15.